The van der Waals surface area contributed by atoms with Gasteiger partial charge in [0.15, 0.2) is 5.65 Å². The van der Waals surface area contributed by atoms with Crippen LogP contribution in [-0.2, 0) is 11.3 Å². The van der Waals surface area contributed by atoms with E-state index in [2.05, 4.69) is 10.00 Å². The van der Waals surface area contributed by atoms with Crippen LogP contribution in [0.4, 0.5) is 0 Å². The van der Waals surface area contributed by atoms with Gasteiger partial charge in [-0.3, -0.25) is 9.30 Å². The molecule has 0 bridgehead atoms. The molecule has 0 saturated carbocycles. The van der Waals surface area contributed by atoms with Crippen LogP contribution in [0.25, 0.3) is 5.65 Å². The van der Waals surface area contributed by atoms with Crippen molar-refractivity contribution in [3.8, 4) is 0 Å². The molecular formula is C13H18N4O3. The van der Waals surface area contributed by atoms with Gasteiger partial charge in [0.2, 0.25) is 0 Å². The third-order valence-corrected chi connectivity index (χ3v) is 3.65. The first-order valence-corrected chi connectivity index (χ1v) is 6.76. The number of aliphatic hydroxyl groups is 1. The first kappa shape index (κ1) is 13.3. The van der Waals surface area contributed by atoms with Crippen LogP contribution < -0.4 is 5.69 Å². The van der Waals surface area contributed by atoms with Crippen LogP contribution in [0.1, 0.15) is 0 Å². The molecule has 1 atom stereocenters. The van der Waals surface area contributed by atoms with E-state index in [1.54, 1.807) is 6.20 Å². The molecule has 1 N–H and O–H groups in total. The number of morpholine rings is 1. The number of hydrogen-bond donors (Lipinski definition) is 1. The number of aliphatic hydroxyl groups excluding tert-OH is 1. The van der Waals surface area contributed by atoms with Gasteiger partial charge in [-0.1, -0.05) is 6.07 Å². The van der Waals surface area contributed by atoms with E-state index in [4.69, 9.17) is 4.74 Å². The molecule has 0 aromatic carbocycles. The van der Waals surface area contributed by atoms with Gasteiger partial charge < -0.3 is 9.84 Å². The molecule has 0 aliphatic carbocycles. The fraction of sp³-hybridized carbons (Fsp3) is 0.538. The van der Waals surface area contributed by atoms with Crippen molar-refractivity contribution in [3.05, 3.63) is 34.9 Å². The molecule has 0 radical (unpaired) electrons. The number of fused-ring (bicyclic) bond motifs is 1. The van der Waals surface area contributed by atoms with Gasteiger partial charge in [0.1, 0.15) is 0 Å². The largest absolute Gasteiger partial charge is 0.395 e. The fourth-order valence-corrected chi connectivity index (χ4v) is 2.49. The molecule has 7 heteroatoms. The quantitative estimate of drug-likeness (QED) is 0.792. The van der Waals surface area contributed by atoms with Crippen molar-refractivity contribution < 1.29 is 9.84 Å². The number of hydrogen-bond acceptors (Lipinski definition) is 5. The van der Waals surface area contributed by atoms with Crippen LogP contribution in [0.15, 0.2) is 29.2 Å². The molecule has 3 heterocycles. The lowest BCUT2D eigenvalue weighted by molar-refractivity contribution is -0.0289. The Kier molecular flexibility index (Phi) is 3.81. The average molecular weight is 278 g/mol. The monoisotopic (exact) mass is 278 g/mol. The molecule has 1 saturated heterocycles. The predicted octanol–water partition coefficient (Wildman–Crippen LogP) is -0.811. The molecule has 1 unspecified atom stereocenters. The number of ether oxygens (including phenoxy) is 1. The summed E-state index contributed by atoms with van der Waals surface area (Å²) in [6.45, 7) is 3.23. The molecule has 1 fully saturated rings. The Morgan fingerprint density at radius 3 is 3.10 bits per heavy atom. The van der Waals surface area contributed by atoms with Crippen LogP contribution in [-0.4, -0.2) is 63.1 Å². The molecule has 2 aromatic heterocycles. The molecule has 2 aromatic rings. The summed E-state index contributed by atoms with van der Waals surface area (Å²) in [4.78, 5) is 14.3. The number of pyridine rings is 1. The highest BCUT2D eigenvalue weighted by atomic mass is 16.5. The van der Waals surface area contributed by atoms with Crippen LogP contribution in [0.2, 0.25) is 0 Å². The third kappa shape index (κ3) is 2.47. The molecule has 0 amide bonds. The second kappa shape index (κ2) is 5.74. The van der Waals surface area contributed by atoms with E-state index >= 15 is 0 Å². The van der Waals surface area contributed by atoms with Crippen molar-refractivity contribution in [2.45, 2.75) is 12.6 Å². The maximum atomic E-state index is 12.1. The Morgan fingerprint density at radius 2 is 2.30 bits per heavy atom. The van der Waals surface area contributed by atoms with E-state index in [1.165, 1.54) is 9.08 Å². The zero-order chi connectivity index (χ0) is 13.9. The van der Waals surface area contributed by atoms with E-state index in [9.17, 15) is 9.90 Å². The first-order valence-electron chi connectivity index (χ1n) is 6.76. The van der Waals surface area contributed by atoms with Gasteiger partial charge in [-0.25, -0.2) is 9.48 Å². The molecule has 3 rings (SSSR count). The van der Waals surface area contributed by atoms with E-state index < -0.39 is 0 Å². The van der Waals surface area contributed by atoms with Crippen molar-refractivity contribution in [1.29, 1.82) is 0 Å². The Labute approximate surface area is 116 Å². The highest BCUT2D eigenvalue weighted by Crippen LogP contribution is 2.06. The van der Waals surface area contributed by atoms with Crippen molar-refractivity contribution in [3.63, 3.8) is 0 Å². The van der Waals surface area contributed by atoms with E-state index in [1.807, 2.05) is 18.2 Å². The van der Waals surface area contributed by atoms with Gasteiger partial charge >= 0.3 is 5.69 Å². The minimum absolute atomic E-state index is 0.0106. The van der Waals surface area contributed by atoms with E-state index in [0.717, 1.165) is 6.54 Å². The van der Waals surface area contributed by atoms with Crippen molar-refractivity contribution in [2.75, 3.05) is 32.9 Å². The van der Waals surface area contributed by atoms with Crippen molar-refractivity contribution in [1.82, 2.24) is 19.1 Å². The van der Waals surface area contributed by atoms with Crippen LogP contribution in [0.3, 0.4) is 0 Å². The maximum Gasteiger partial charge on any atom is 0.350 e. The average Bonchev–Trinajstić information content (AvgIpc) is 2.82. The normalized spacial score (nSPS) is 20.6. The number of rotatable bonds is 4. The number of aromatic nitrogens is 3. The summed E-state index contributed by atoms with van der Waals surface area (Å²) in [5.41, 5.74) is 0.521. The molecule has 1 aliphatic rings. The zero-order valence-corrected chi connectivity index (χ0v) is 11.2. The lowest BCUT2D eigenvalue weighted by Crippen LogP contribution is -2.49. The topological polar surface area (TPSA) is 72.0 Å². The molecular weight excluding hydrogens is 260 g/mol. The van der Waals surface area contributed by atoms with Gasteiger partial charge in [-0.15, -0.1) is 5.10 Å². The van der Waals surface area contributed by atoms with Gasteiger partial charge in [-0.05, 0) is 12.1 Å². The van der Waals surface area contributed by atoms with E-state index in [-0.39, 0.29) is 18.3 Å². The van der Waals surface area contributed by atoms with Crippen LogP contribution >= 0.6 is 0 Å². The Balaban J connectivity index is 1.73. The highest BCUT2D eigenvalue weighted by molar-refractivity contribution is 5.35. The van der Waals surface area contributed by atoms with Gasteiger partial charge in [0.25, 0.3) is 0 Å². The Hall–Kier alpha value is -1.70. The minimum Gasteiger partial charge on any atom is -0.395 e. The second-order valence-electron chi connectivity index (χ2n) is 4.88. The van der Waals surface area contributed by atoms with Gasteiger partial charge in [0.05, 0.1) is 32.4 Å². The second-order valence-corrected chi connectivity index (χ2v) is 4.88. The zero-order valence-electron chi connectivity index (χ0n) is 11.2. The Bertz CT molecular complexity index is 636. The van der Waals surface area contributed by atoms with Crippen molar-refractivity contribution >= 4 is 5.65 Å². The lowest BCUT2D eigenvalue weighted by atomic mass is 10.2. The van der Waals surface area contributed by atoms with Crippen LogP contribution in [0.5, 0.6) is 0 Å². The minimum atomic E-state index is -0.130. The standard InChI is InChI=1S/C13H18N4O3/c18-9-11-10-20-8-7-15(11)5-6-17-13(19)16-4-2-1-3-12(16)14-17/h1-4,11,18H,5-10H2. The summed E-state index contributed by atoms with van der Waals surface area (Å²) in [5, 5.41) is 13.6. The van der Waals surface area contributed by atoms with Gasteiger partial charge in [-0.2, -0.15) is 0 Å². The summed E-state index contributed by atoms with van der Waals surface area (Å²) in [7, 11) is 0. The summed E-state index contributed by atoms with van der Waals surface area (Å²) in [6, 6.07) is 5.49. The molecule has 108 valence electrons. The third-order valence-electron chi connectivity index (χ3n) is 3.65. The predicted molar refractivity (Wildman–Crippen MR) is 72.7 cm³/mol. The molecule has 20 heavy (non-hydrogen) atoms. The molecule has 0 spiro atoms. The summed E-state index contributed by atoms with van der Waals surface area (Å²) in [6.07, 6.45) is 1.71. The summed E-state index contributed by atoms with van der Waals surface area (Å²) in [5.74, 6) is 0. The maximum absolute atomic E-state index is 12.1. The van der Waals surface area contributed by atoms with Crippen molar-refractivity contribution in [2.24, 2.45) is 0 Å². The first-order chi connectivity index (χ1) is 9.79. The van der Waals surface area contributed by atoms with Gasteiger partial charge in [0, 0.05) is 19.3 Å². The van der Waals surface area contributed by atoms with Crippen LogP contribution in [0, 0.1) is 0 Å². The van der Waals surface area contributed by atoms with E-state index in [0.29, 0.717) is 32.0 Å². The molecule has 7 nitrogen and oxygen atoms in total. The SMILES string of the molecule is O=c1n(CCN2CCOCC2CO)nc2ccccn12. The summed E-state index contributed by atoms with van der Waals surface area (Å²) < 4.78 is 8.34. The highest BCUT2D eigenvalue weighted by Gasteiger charge is 2.22. The fourth-order valence-electron chi connectivity index (χ4n) is 2.49. The Morgan fingerprint density at radius 1 is 1.40 bits per heavy atom. The number of nitrogens with zero attached hydrogens (tertiary/aromatic N) is 4. The smallest absolute Gasteiger partial charge is 0.350 e. The lowest BCUT2D eigenvalue weighted by Gasteiger charge is -2.34. The summed E-state index contributed by atoms with van der Waals surface area (Å²) >= 11 is 0. The molecule has 1 aliphatic heterocycles.